The van der Waals surface area contributed by atoms with Crippen LogP contribution in [0.25, 0.3) is 0 Å². The number of benzene rings is 6. The van der Waals surface area contributed by atoms with Crippen LogP contribution in [-0.2, 0) is 43.6 Å². The van der Waals surface area contributed by atoms with E-state index >= 15 is 9.59 Å². The average Bonchev–Trinajstić information content (AvgIpc) is 4.47. The van der Waals surface area contributed by atoms with Crippen molar-refractivity contribution in [1.82, 2.24) is 9.80 Å². The van der Waals surface area contributed by atoms with E-state index < -0.39 is 115 Å². The first kappa shape index (κ1) is 59.2. The van der Waals surface area contributed by atoms with E-state index in [0.29, 0.717) is 61.9 Å². The number of piperidine rings is 2. The number of carbonyl (C=O) groups is 4. The maximum absolute atomic E-state index is 15.8. The summed E-state index contributed by atoms with van der Waals surface area (Å²) in [5.41, 5.74) is -0.352. The smallest absolute Gasteiger partial charge is 0.314 e. The Bertz CT molecular complexity index is 3620. The third kappa shape index (κ3) is 12.9. The van der Waals surface area contributed by atoms with E-state index in [-0.39, 0.29) is 39.5 Å². The SMILES string of the molecule is CC1(CC(=O)OC(=O)CC2(C)CC(c3cccc(Cl)c3)C(c3ccc(Cl)cc3)N(C(CS(=O)(=O)c3ccccc3Cl)C3CC3)C2=O)CC(c2cccc(Cl)c2)C(c2ccc(Cl)cc2)N(C(CS(=O)(=O)c2ccc(Cl)cc2)C2CC2)C1=O. The van der Waals surface area contributed by atoms with Crippen molar-refractivity contribution in [2.24, 2.45) is 22.7 Å². The van der Waals surface area contributed by atoms with Crippen molar-refractivity contribution in [2.75, 3.05) is 11.5 Å². The summed E-state index contributed by atoms with van der Waals surface area (Å²) in [6, 6.07) is 37.2. The fraction of sp³-hybridized carbons (Fsp3) is 0.355. The lowest BCUT2D eigenvalue weighted by Gasteiger charge is -2.52. The van der Waals surface area contributed by atoms with Crippen LogP contribution in [0.15, 0.2) is 155 Å². The summed E-state index contributed by atoms with van der Waals surface area (Å²) in [6.07, 6.45) is 1.50. The Hall–Kier alpha value is -4.96. The quantitative estimate of drug-likeness (QED) is 0.0605. The molecule has 0 bridgehead atoms. The van der Waals surface area contributed by atoms with Crippen LogP contribution in [0.4, 0.5) is 0 Å². The molecular weight excluding hydrogens is 1190 g/mol. The first-order chi connectivity index (χ1) is 38.4. The molecular formula is C62H58Cl6N2O9S2. The summed E-state index contributed by atoms with van der Waals surface area (Å²) in [5, 5.41) is 2.16. The minimum absolute atomic E-state index is 0.0409. The van der Waals surface area contributed by atoms with Gasteiger partial charge < -0.3 is 14.5 Å². The van der Waals surface area contributed by atoms with Gasteiger partial charge in [-0.2, -0.15) is 0 Å². The highest BCUT2D eigenvalue weighted by Gasteiger charge is 2.58. The van der Waals surface area contributed by atoms with E-state index in [0.717, 1.165) is 11.1 Å². The molecule has 2 saturated carbocycles. The van der Waals surface area contributed by atoms with Gasteiger partial charge in [0, 0.05) is 49.0 Å². The van der Waals surface area contributed by atoms with Crippen LogP contribution in [0.1, 0.15) is 111 Å². The lowest BCUT2D eigenvalue weighted by atomic mass is 9.66. The third-order valence-corrected chi connectivity index (χ3v) is 21.9. The summed E-state index contributed by atoms with van der Waals surface area (Å²) in [4.78, 5) is 64.2. The lowest BCUT2D eigenvalue weighted by molar-refractivity contribution is -0.172. The molecule has 4 aliphatic rings. The summed E-state index contributed by atoms with van der Waals surface area (Å²) in [6.45, 7) is 3.26. The number of halogens is 6. The first-order valence-corrected chi connectivity index (χ1v) is 32.4. The molecule has 8 unspecified atom stereocenters. The van der Waals surface area contributed by atoms with Gasteiger partial charge in [-0.15, -0.1) is 0 Å². The fourth-order valence-electron chi connectivity index (χ4n) is 12.5. The van der Waals surface area contributed by atoms with Gasteiger partial charge in [0.05, 0.1) is 62.1 Å². The van der Waals surface area contributed by atoms with Crippen LogP contribution in [0.5, 0.6) is 0 Å². The van der Waals surface area contributed by atoms with Crippen molar-refractivity contribution in [2.45, 2.75) is 111 Å². The predicted molar refractivity (Wildman–Crippen MR) is 316 cm³/mol. The van der Waals surface area contributed by atoms with E-state index in [1.807, 2.05) is 24.3 Å². The van der Waals surface area contributed by atoms with Gasteiger partial charge in [-0.25, -0.2) is 16.8 Å². The van der Waals surface area contributed by atoms with Crippen molar-refractivity contribution in [3.8, 4) is 0 Å². The molecule has 6 aromatic carbocycles. The molecule has 10 rings (SSSR count). The predicted octanol–water partition coefficient (Wildman–Crippen LogP) is 14.8. The van der Waals surface area contributed by atoms with Gasteiger partial charge in [-0.05, 0) is 158 Å². The lowest BCUT2D eigenvalue weighted by Crippen LogP contribution is -2.58. The molecule has 2 aliphatic carbocycles. The molecule has 2 aliphatic heterocycles. The molecule has 0 spiro atoms. The standard InChI is InChI=1S/C62H58Cl6N2O9S2/c1-61(31-49(41-7-5-9-46(66)29-41)57(39-17-21-43(63)22-18-39)69(59(61)73)52(37-13-14-37)35-80(75,76)48-27-25-45(65)26-28-48)33-55(71)79-56(72)34-62(2)32-50(42-8-6-10-47(67)30-42)58(40-19-23-44(64)24-20-40)70(60(62)74)53(38-15-16-38)36-81(77,78)54-12-4-3-11-51(54)68/h3-12,17-30,37-38,49-50,52-53,57-58H,13-16,31-36H2,1-2H3. The Morgan fingerprint density at radius 2 is 0.901 bits per heavy atom. The zero-order valence-electron chi connectivity index (χ0n) is 44.2. The van der Waals surface area contributed by atoms with Crippen LogP contribution in [-0.4, -0.2) is 74.0 Å². The fourth-order valence-corrected chi connectivity index (χ4v) is 17.1. The van der Waals surface area contributed by atoms with Gasteiger partial charge in [-0.1, -0.05) is 144 Å². The van der Waals surface area contributed by atoms with Gasteiger partial charge >= 0.3 is 11.9 Å². The monoisotopic (exact) mass is 1250 g/mol. The Morgan fingerprint density at radius 3 is 1.30 bits per heavy atom. The molecule has 8 atom stereocenters. The summed E-state index contributed by atoms with van der Waals surface area (Å²) < 4.78 is 63.6. The zero-order chi connectivity index (χ0) is 57.8. The van der Waals surface area contributed by atoms with Crippen molar-refractivity contribution in [1.29, 1.82) is 0 Å². The minimum atomic E-state index is -4.13. The molecule has 2 saturated heterocycles. The number of sulfone groups is 2. The number of likely N-dealkylation sites (tertiary alicyclic amines) is 2. The van der Waals surface area contributed by atoms with Crippen LogP contribution in [0.2, 0.25) is 30.1 Å². The van der Waals surface area contributed by atoms with Crippen molar-refractivity contribution in [3.63, 3.8) is 0 Å². The van der Waals surface area contributed by atoms with E-state index in [2.05, 4.69) is 0 Å². The normalized spacial score (nSPS) is 24.1. The number of hydrogen-bond donors (Lipinski definition) is 0. The molecule has 81 heavy (non-hydrogen) atoms. The Balaban J connectivity index is 0.997. The van der Waals surface area contributed by atoms with Crippen LogP contribution >= 0.6 is 69.6 Å². The highest BCUT2D eigenvalue weighted by Crippen LogP contribution is 2.57. The first-order valence-electron chi connectivity index (χ1n) is 26.8. The third-order valence-electron chi connectivity index (χ3n) is 16.6. The number of ether oxygens (including phenoxy) is 1. The molecule has 19 heteroatoms. The van der Waals surface area contributed by atoms with E-state index in [4.69, 9.17) is 74.3 Å². The molecule has 6 aromatic rings. The van der Waals surface area contributed by atoms with Gasteiger partial charge in [0.15, 0.2) is 19.7 Å². The maximum Gasteiger partial charge on any atom is 0.314 e. The number of esters is 2. The molecule has 424 valence electrons. The van der Waals surface area contributed by atoms with Crippen LogP contribution in [0, 0.1) is 22.7 Å². The van der Waals surface area contributed by atoms with Crippen molar-refractivity contribution in [3.05, 3.63) is 198 Å². The molecule has 2 amide bonds. The minimum Gasteiger partial charge on any atom is -0.393 e. The number of hydrogen-bond acceptors (Lipinski definition) is 9. The summed E-state index contributed by atoms with van der Waals surface area (Å²) in [5.74, 6) is -5.56. The maximum atomic E-state index is 15.8. The number of nitrogens with zero attached hydrogens (tertiary/aromatic N) is 2. The average molecular weight is 1250 g/mol. The Labute approximate surface area is 503 Å². The van der Waals surface area contributed by atoms with Crippen LogP contribution in [0.3, 0.4) is 0 Å². The molecule has 0 N–H and O–H groups in total. The van der Waals surface area contributed by atoms with Crippen molar-refractivity contribution >= 4 is 113 Å². The highest BCUT2D eigenvalue weighted by atomic mass is 35.5. The Kier molecular flexibility index (Phi) is 17.2. The van der Waals surface area contributed by atoms with Gasteiger partial charge in [0.2, 0.25) is 11.8 Å². The van der Waals surface area contributed by atoms with Gasteiger partial charge in [0.1, 0.15) is 0 Å². The van der Waals surface area contributed by atoms with E-state index in [1.165, 1.54) is 36.4 Å². The molecule has 11 nitrogen and oxygen atoms in total. The summed E-state index contributed by atoms with van der Waals surface area (Å²) >= 11 is 38.9. The zero-order valence-corrected chi connectivity index (χ0v) is 50.4. The molecule has 0 aromatic heterocycles. The highest BCUT2D eigenvalue weighted by molar-refractivity contribution is 7.91. The second-order valence-corrected chi connectivity index (χ2v) is 29.4. The number of amides is 2. The van der Waals surface area contributed by atoms with Crippen molar-refractivity contribution < 1.29 is 40.8 Å². The van der Waals surface area contributed by atoms with E-state index in [9.17, 15) is 26.4 Å². The second kappa shape index (κ2) is 23.6. The largest absolute Gasteiger partial charge is 0.393 e. The second-order valence-electron chi connectivity index (χ2n) is 22.7. The number of carbonyl (C=O) groups excluding carboxylic acids is 4. The van der Waals surface area contributed by atoms with Crippen LogP contribution < -0.4 is 0 Å². The summed E-state index contributed by atoms with van der Waals surface area (Å²) in [7, 11) is -8.18. The Morgan fingerprint density at radius 1 is 0.506 bits per heavy atom. The number of rotatable bonds is 18. The molecule has 4 fully saturated rings. The molecule has 2 heterocycles. The van der Waals surface area contributed by atoms with E-state index in [1.54, 1.807) is 109 Å². The topological polar surface area (TPSA) is 152 Å². The van der Waals surface area contributed by atoms with Gasteiger partial charge in [0.25, 0.3) is 0 Å². The van der Waals surface area contributed by atoms with Gasteiger partial charge in [-0.3, -0.25) is 19.2 Å². The molecule has 0 radical (unpaired) electrons.